The van der Waals surface area contributed by atoms with Crippen molar-refractivity contribution in [2.24, 2.45) is 5.10 Å². The fourth-order valence-electron chi connectivity index (χ4n) is 4.65. The highest BCUT2D eigenvalue weighted by molar-refractivity contribution is 6.03. The molecule has 0 saturated carbocycles. The Morgan fingerprint density at radius 1 is 0.919 bits per heavy atom. The molecule has 0 radical (unpaired) electrons. The summed E-state index contributed by atoms with van der Waals surface area (Å²) in [6.45, 7) is 2.03. The molecular weight excluding hydrogens is 464 g/mol. The molecule has 0 fully saturated rings. The quantitative estimate of drug-likeness (QED) is 0.338. The molecule has 1 aliphatic heterocycles. The molecule has 0 spiro atoms. The number of hydrogen-bond acceptors (Lipinski definition) is 4. The normalized spacial score (nSPS) is 15.0. The van der Waals surface area contributed by atoms with E-state index in [0.29, 0.717) is 6.42 Å². The molecule has 4 aromatic rings. The molecule has 7 heteroatoms. The highest BCUT2D eigenvalue weighted by Gasteiger charge is 2.36. The van der Waals surface area contributed by atoms with Crippen LogP contribution in [0.5, 0.6) is 0 Å². The van der Waals surface area contributed by atoms with Crippen LogP contribution in [0.15, 0.2) is 96.2 Å². The Morgan fingerprint density at radius 3 is 2.32 bits per heavy atom. The number of nitrogens with zero attached hydrogens (tertiary/aromatic N) is 4. The summed E-state index contributed by atoms with van der Waals surface area (Å²) in [7, 11) is 0. The lowest BCUT2D eigenvalue weighted by atomic mass is 9.96. The minimum absolute atomic E-state index is 0.0557. The van der Waals surface area contributed by atoms with Gasteiger partial charge in [0, 0.05) is 36.6 Å². The Morgan fingerprint density at radius 2 is 1.62 bits per heavy atom. The number of aryl methyl sites for hydroxylation is 1. The topological polar surface area (TPSA) is 87.8 Å². The molecule has 0 aliphatic carbocycles. The number of aliphatic carboxylic acids is 1. The fraction of sp³-hybridized carbons (Fsp3) is 0.200. The molecule has 3 aromatic carbocycles. The summed E-state index contributed by atoms with van der Waals surface area (Å²) in [6, 6.07) is 27.5. The first-order valence-corrected chi connectivity index (χ1v) is 12.4. The van der Waals surface area contributed by atoms with Gasteiger partial charge in [-0.2, -0.15) is 10.2 Å². The van der Waals surface area contributed by atoms with Gasteiger partial charge in [0.05, 0.1) is 23.1 Å². The lowest BCUT2D eigenvalue weighted by Gasteiger charge is -2.22. The van der Waals surface area contributed by atoms with Crippen LogP contribution < -0.4 is 0 Å². The summed E-state index contributed by atoms with van der Waals surface area (Å²) in [5.74, 6) is -1.11. The van der Waals surface area contributed by atoms with Crippen molar-refractivity contribution in [1.82, 2.24) is 14.8 Å². The molecule has 1 amide bonds. The van der Waals surface area contributed by atoms with E-state index in [1.165, 1.54) is 5.01 Å². The number of carboxylic acid groups (broad SMARTS) is 1. The number of rotatable bonds is 8. The second kappa shape index (κ2) is 10.6. The van der Waals surface area contributed by atoms with Crippen molar-refractivity contribution in [2.45, 2.75) is 38.6 Å². The van der Waals surface area contributed by atoms with Gasteiger partial charge in [0.25, 0.3) is 0 Å². The molecule has 1 atom stereocenters. The summed E-state index contributed by atoms with van der Waals surface area (Å²) in [6.07, 6.45) is 2.84. The van der Waals surface area contributed by atoms with Crippen LogP contribution in [0.3, 0.4) is 0 Å². The van der Waals surface area contributed by atoms with Gasteiger partial charge in [0.2, 0.25) is 5.91 Å². The first-order valence-electron chi connectivity index (χ1n) is 12.4. The highest BCUT2D eigenvalue weighted by atomic mass is 16.4. The predicted octanol–water partition coefficient (Wildman–Crippen LogP) is 5.78. The molecule has 2 heterocycles. The van der Waals surface area contributed by atoms with E-state index in [1.54, 1.807) is 0 Å². The smallest absolute Gasteiger partial charge is 0.303 e. The van der Waals surface area contributed by atoms with Crippen LogP contribution in [-0.2, 0) is 9.59 Å². The lowest BCUT2D eigenvalue weighted by Crippen LogP contribution is -2.27. The van der Waals surface area contributed by atoms with Crippen LogP contribution in [0.1, 0.15) is 48.4 Å². The van der Waals surface area contributed by atoms with E-state index >= 15 is 0 Å². The van der Waals surface area contributed by atoms with Crippen molar-refractivity contribution in [3.05, 3.63) is 108 Å². The van der Waals surface area contributed by atoms with Crippen molar-refractivity contribution in [3.8, 4) is 16.9 Å². The Labute approximate surface area is 215 Å². The minimum Gasteiger partial charge on any atom is -0.481 e. The van der Waals surface area contributed by atoms with Gasteiger partial charge in [-0.1, -0.05) is 78.4 Å². The largest absolute Gasteiger partial charge is 0.481 e. The standard InChI is InChI=1S/C30H28N4O3/c1-21-10-8-13-23(18-21)26-19-27(34(31-26)28(35)16-9-17-29(36)37)25-20-33(24-14-6-3-7-15-24)32-30(25)22-11-4-2-5-12-22/h2-8,10-15,18,20,27H,9,16-17,19H2,1H3,(H,36,37)/t27-/m1/s1. The Kier molecular flexibility index (Phi) is 6.94. The van der Waals surface area contributed by atoms with Gasteiger partial charge in [0.1, 0.15) is 0 Å². The van der Waals surface area contributed by atoms with E-state index in [4.69, 9.17) is 15.3 Å². The number of benzene rings is 3. The van der Waals surface area contributed by atoms with E-state index in [-0.39, 0.29) is 31.2 Å². The third-order valence-electron chi connectivity index (χ3n) is 6.47. The van der Waals surface area contributed by atoms with Crippen molar-refractivity contribution in [1.29, 1.82) is 0 Å². The predicted molar refractivity (Wildman–Crippen MR) is 142 cm³/mol. The lowest BCUT2D eigenvalue weighted by molar-refractivity contribution is -0.137. The maximum Gasteiger partial charge on any atom is 0.303 e. The van der Waals surface area contributed by atoms with Gasteiger partial charge in [0.15, 0.2) is 0 Å². The molecule has 0 saturated heterocycles. The van der Waals surface area contributed by atoms with Crippen molar-refractivity contribution < 1.29 is 14.7 Å². The van der Waals surface area contributed by atoms with Crippen LogP contribution >= 0.6 is 0 Å². The van der Waals surface area contributed by atoms with E-state index < -0.39 is 5.97 Å². The van der Waals surface area contributed by atoms with Gasteiger partial charge in [-0.25, -0.2) is 9.69 Å². The summed E-state index contributed by atoms with van der Waals surface area (Å²) in [5, 5.41) is 20.3. The molecule has 186 valence electrons. The van der Waals surface area contributed by atoms with Crippen LogP contribution in [0.25, 0.3) is 16.9 Å². The molecule has 7 nitrogen and oxygen atoms in total. The van der Waals surface area contributed by atoms with Gasteiger partial charge < -0.3 is 5.11 Å². The Hall–Kier alpha value is -4.52. The number of hydrogen-bond donors (Lipinski definition) is 1. The fourth-order valence-corrected chi connectivity index (χ4v) is 4.65. The zero-order valence-corrected chi connectivity index (χ0v) is 20.6. The maximum absolute atomic E-state index is 13.4. The number of amides is 1. The van der Waals surface area contributed by atoms with Crippen LogP contribution in [0.2, 0.25) is 0 Å². The number of hydrazone groups is 1. The molecule has 0 bridgehead atoms. The number of carboxylic acids is 1. The summed E-state index contributed by atoms with van der Waals surface area (Å²) >= 11 is 0. The second-order valence-electron chi connectivity index (χ2n) is 9.20. The molecule has 1 aromatic heterocycles. The number of para-hydroxylation sites is 1. The Balaban J connectivity index is 1.57. The third-order valence-corrected chi connectivity index (χ3v) is 6.47. The molecular formula is C30H28N4O3. The van der Waals surface area contributed by atoms with E-state index in [2.05, 4.69) is 6.07 Å². The number of aromatic nitrogens is 2. The number of carbonyl (C=O) groups is 2. The maximum atomic E-state index is 13.4. The molecule has 37 heavy (non-hydrogen) atoms. The average molecular weight is 493 g/mol. The third kappa shape index (κ3) is 5.35. The first-order chi connectivity index (χ1) is 18.0. The van der Waals surface area contributed by atoms with Gasteiger partial charge in [-0.3, -0.25) is 9.59 Å². The van der Waals surface area contributed by atoms with Crippen molar-refractivity contribution in [2.75, 3.05) is 0 Å². The van der Waals surface area contributed by atoms with E-state index in [9.17, 15) is 9.59 Å². The summed E-state index contributed by atoms with van der Waals surface area (Å²) in [5.41, 5.74) is 6.48. The molecule has 1 N–H and O–H groups in total. The van der Waals surface area contributed by atoms with Crippen LogP contribution in [0, 0.1) is 6.92 Å². The number of carbonyl (C=O) groups excluding carboxylic acids is 1. The Bertz CT molecular complexity index is 1440. The highest BCUT2D eigenvalue weighted by Crippen LogP contribution is 2.38. The van der Waals surface area contributed by atoms with Gasteiger partial charge in [-0.15, -0.1) is 0 Å². The summed E-state index contributed by atoms with van der Waals surface area (Å²) in [4.78, 5) is 24.4. The van der Waals surface area contributed by atoms with Gasteiger partial charge in [-0.05, 0) is 31.0 Å². The first kappa shape index (κ1) is 24.2. The van der Waals surface area contributed by atoms with Gasteiger partial charge >= 0.3 is 5.97 Å². The zero-order chi connectivity index (χ0) is 25.8. The second-order valence-corrected chi connectivity index (χ2v) is 9.20. The van der Waals surface area contributed by atoms with Crippen molar-refractivity contribution in [3.63, 3.8) is 0 Å². The molecule has 0 unspecified atom stereocenters. The molecule has 5 rings (SSSR count). The van der Waals surface area contributed by atoms with Crippen LogP contribution in [0.4, 0.5) is 0 Å². The van der Waals surface area contributed by atoms with E-state index in [0.717, 1.165) is 39.3 Å². The van der Waals surface area contributed by atoms with Crippen molar-refractivity contribution >= 4 is 17.6 Å². The zero-order valence-electron chi connectivity index (χ0n) is 20.6. The minimum atomic E-state index is -0.912. The monoisotopic (exact) mass is 492 g/mol. The van der Waals surface area contributed by atoms with Crippen LogP contribution in [-0.4, -0.2) is 37.5 Å². The SMILES string of the molecule is Cc1cccc(C2=NN(C(=O)CCCC(=O)O)[C@@H](c3cn(-c4ccccc4)nc3-c3ccccc3)C2)c1. The average Bonchev–Trinajstić information content (AvgIpc) is 3.55. The summed E-state index contributed by atoms with van der Waals surface area (Å²) < 4.78 is 1.84. The van der Waals surface area contributed by atoms with E-state index in [1.807, 2.05) is 96.7 Å². The molecule has 1 aliphatic rings.